The van der Waals surface area contributed by atoms with Crippen molar-refractivity contribution in [2.24, 2.45) is 0 Å². The highest BCUT2D eigenvalue weighted by atomic mass is 35.5. The van der Waals surface area contributed by atoms with Crippen molar-refractivity contribution in [3.63, 3.8) is 0 Å². The van der Waals surface area contributed by atoms with Crippen molar-refractivity contribution < 1.29 is 14.6 Å². The number of nitrogens with one attached hydrogen (secondary N) is 1. The Labute approximate surface area is 99.2 Å². The third-order valence-electron chi connectivity index (χ3n) is 2.18. The summed E-state index contributed by atoms with van der Waals surface area (Å²) in [5.74, 6) is -0.267. The molecule has 0 aliphatic heterocycles. The maximum absolute atomic E-state index is 11.1. The van der Waals surface area contributed by atoms with Gasteiger partial charge in [0.2, 0.25) is 0 Å². The number of phenols is 1. The number of phenolic OH excluding ortho intramolecular Hbond substituents is 1. The molecule has 0 aromatic heterocycles. The molecule has 16 heavy (non-hydrogen) atoms. The molecule has 0 aliphatic carbocycles. The average Bonchev–Trinajstić information content (AvgIpc) is 2.29. The number of hydrogen-bond acceptors (Lipinski definition) is 4. The molecule has 1 aromatic rings. The molecule has 0 saturated heterocycles. The standard InChI is InChI=1S/C11H14ClNO3/c1-7(11(15)16-2)13-6-8-3-4-10(14)9(12)5-8/h3-5,7,13-14H,6H2,1-2H3. The van der Waals surface area contributed by atoms with Gasteiger partial charge in [-0.25, -0.2) is 0 Å². The summed E-state index contributed by atoms with van der Waals surface area (Å²) in [6, 6.07) is 4.52. The van der Waals surface area contributed by atoms with Gasteiger partial charge in [0, 0.05) is 6.54 Å². The van der Waals surface area contributed by atoms with E-state index >= 15 is 0 Å². The molecule has 0 aliphatic rings. The molecule has 0 saturated carbocycles. The number of ether oxygens (including phenoxy) is 1. The second kappa shape index (κ2) is 5.72. The van der Waals surface area contributed by atoms with Gasteiger partial charge in [-0.15, -0.1) is 0 Å². The summed E-state index contributed by atoms with van der Waals surface area (Å²) in [6.07, 6.45) is 0. The molecule has 0 spiro atoms. The molecular weight excluding hydrogens is 230 g/mol. The number of esters is 1. The number of carbonyl (C=O) groups is 1. The van der Waals surface area contributed by atoms with Gasteiger partial charge in [-0.3, -0.25) is 4.79 Å². The lowest BCUT2D eigenvalue weighted by molar-refractivity contribution is -0.142. The van der Waals surface area contributed by atoms with E-state index in [0.29, 0.717) is 11.6 Å². The number of rotatable bonds is 4. The molecule has 0 bridgehead atoms. The van der Waals surface area contributed by atoms with E-state index < -0.39 is 0 Å². The van der Waals surface area contributed by atoms with Crippen molar-refractivity contribution in [2.45, 2.75) is 19.5 Å². The lowest BCUT2D eigenvalue weighted by atomic mass is 10.2. The van der Waals surface area contributed by atoms with Crippen LogP contribution in [-0.2, 0) is 16.1 Å². The Kier molecular flexibility index (Phi) is 4.58. The first-order chi connectivity index (χ1) is 7.54. The molecule has 5 heteroatoms. The number of methoxy groups -OCH3 is 1. The zero-order valence-corrected chi connectivity index (χ0v) is 9.91. The molecule has 0 radical (unpaired) electrons. The van der Waals surface area contributed by atoms with Crippen LogP contribution in [0.1, 0.15) is 12.5 Å². The van der Waals surface area contributed by atoms with Crippen molar-refractivity contribution in [1.29, 1.82) is 0 Å². The Hall–Kier alpha value is -1.26. The van der Waals surface area contributed by atoms with Gasteiger partial charge in [0.15, 0.2) is 0 Å². The molecule has 2 N–H and O–H groups in total. The number of benzene rings is 1. The van der Waals surface area contributed by atoms with Crippen LogP contribution in [0.4, 0.5) is 0 Å². The van der Waals surface area contributed by atoms with Crippen LogP contribution in [-0.4, -0.2) is 24.2 Å². The van der Waals surface area contributed by atoms with Crippen LogP contribution in [0.25, 0.3) is 0 Å². The van der Waals surface area contributed by atoms with Gasteiger partial charge < -0.3 is 15.2 Å². The summed E-state index contributed by atoms with van der Waals surface area (Å²) in [5, 5.41) is 12.5. The first-order valence-electron chi connectivity index (χ1n) is 4.83. The molecule has 1 rings (SSSR count). The highest BCUT2D eigenvalue weighted by Gasteiger charge is 2.11. The normalized spacial score (nSPS) is 12.2. The van der Waals surface area contributed by atoms with Crippen molar-refractivity contribution in [1.82, 2.24) is 5.32 Å². The number of aromatic hydroxyl groups is 1. The summed E-state index contributed by atoms with van der Waals surface area (Å²) >= 11 is 5.75. The smallest absolute Gasteiger partial charge is 0.322 e. The third kappa shape index (κ3) is 3.40. The van der Waals surface area contributed by atoms with Crippen LogP contribution in [0.2, 0.25) is 5.02 Å². The summed E-state index contributed by atoms with van der Waals surface area (Å²) in [6.45, 7) is 2.20. The Balaban J connectivity index is 2.55. The minimum Gasteiger partial charge on any atom is -0.506 e. The summed E-state index contributed by atoms with van der Waals surface area (Å²) in [5.41, 5.74) is 0.888. The number of hydrogen-bond donors (Lipinski definition) is 2. The van der Waals surface area contributed by atoms with Gasteiger partial charge in [-0.2, -0.15) is 0 Å². The van der Waals surface area contributed by atoms with E-state index in [2.05, 4.69) is 10.1 Å². The fourth-order valence-electron chi connectivity index (χ4n) is 1.19. The molecule has 0 amide bonds. The molecular formula is C11H14ClNO3. The van der Waals surface area contributed by atoms with Crippen molar-refractivity contribution in [3.8, 4) is 5.75 Å². The minimum absolute atomic E-state index is 0.0476. The maximum Gasteiger partial charge on any atom is 0.322 e. The Bertz CT molecular complexity index is 381. The van der Waals surface area contributed by atoms with Gasteiger partial charge in [-0.1, -0.05) is 17.7 Å². The number of halogens is 1. The monoisotopic (exact) mass is 243 g/mol. The van der Waals surface area contributed by atoms with E-state index in [4.69, 9.17) is 11.6 Å². The Morgan fingerprint density at radius 1 is 1.62 bits per heavy atom. The SMILES string of the molecule is COC(=O)C(C)NCc1ccc(O)c(Cl)c1. The Morgan fingerprint density at radius 3 is 2.88 bits per heavy atom. The zero-order valence-electron chi connectivity index (χ0n) is 9.16. The van der Waals surface area contributed by atoms with Crippen molar-refractivity contribution in [2.75, 3.05) is 7.11 Å². The second-order valence-corrected chi connectivity index (χ2v) is 3.82. The lowest BCUT2D eigenvalue weighted by Gasteiger charge is -2.11. The second-order valence-electron chi connectivity index (χ2n) is 3.41. The minimum atomic E-state index is -0.377. The molecule has 0 heterocycles. The zero-order chi connectivity index (χ0) is 12.1. The fourth-order valence-corrected chi connectivity index (χ4v) is 1.39. The summed E-state index contributed by atoms with van der Waals surface area (Å²) in [7, 11) is 1.35. The first-order valence-corrected chi connectivity index (χ1v) is 5.21. The van der Waals surface area contributed by atoms with Crippen molar-refractivity contribution in [3.05, 3.63) is 28.8 Å². The molecule has 0 fully saturated rings. The van der Waals surface area contributed by atoms with Crippen LogP contribution >= 0.6 is 11.6 Å². The van der Waals surface area contributed by atoms with Crippen molar-refractivity contribution >= 4 is 17.6 Å². The quantitative estimate of drug-likeness (QED) is 0.791. The third-order valence-corrected chi connectivity index (χ3v) is 2.48. The van der Waals surface area contributed by atoms with Gasteiger partial charge in [-0.05, 0) is 24.6 Å². The number of carbonyl (C=O) groups excluding carboxylic acids is 1. The molecule has 88 valence electrons. The van der Waals surface area contributed by atoms with Gasteiger partial charge >= 0.3 is 5.97 Å². The van der Waals surface area contributed by atoms with E-state index in [1.165, 1.54) is 13.2 Å². The van der Waals surface area contributed by atoms with E-state index in [0.717, 1.165) is 5.56 Å². The van der Waals surface area contributed by atoms with E-state index in [9.17, 15) is 9.90 Å². The molecule has 4 nitrogen and oxygen atoms in total. The highest BCUT2D eigenvalue weighted by Crippen LogP contribution is 2.23. The van der Waals surface area contributed by atoms with Crippen LogP contribution in [0.15, 0.2) is 18.2 Å². The molecule has 1 aromatic carbocycles. The first kappa shape index (κ1) is 12.8. The Morgan fingerprint density at radius 2 is 2.31 bits per heavy atom. The van der Waals surface area contributed by atoms with Crippen LogP contribution in [0, 0.1) is 0 Å². The van der Waals surface area contributed by atoms with E-state index in [1.807, 2.05) is 0 Å². The van der Waals surface area contributed by atoms with Gasteiger partial charge in [0.05, 0.1) is 12.1 Å². The van der Waals surface area contributed by atoms with Crippen LogP contribution in [0.5, 0.6) is 5.75 Å². The van der Waals surface area contributed by atoms with Crippen LogP contribution in [0.3, 0.4) is 0 Å². The van der Waals surface area contributed by atoms with Gasteiger partial charge in [0.1, 0.15) is 11.8 Å². The van der Waals surface area contributed by atoms with E-state index in [-0.39, 0.29) is 17.8 Å². The predicted molar refractivity (Wildman–Crippen MR) is 61.4 cm³/mol. The summed E-state index contributed by atoms with van der Waals surface area (Å²) in [4.78, 5) is 11.1. The molecule has 1 unspecified atom stereocenters. The maximum atomic E-state index is 11.1. The summed E-state index contributed by atoms with van der Waals surface area (Å²) < 4.78 is 4.58. The average molecular weight is 244 g/mol. The largest absolute Gasteiger partial charge is 0.506 e. The van der Waals surface area contributed by atoms with E-state index in [1.54, 1.807) is 19.1 Å². The highest BCUT2D eigenvalue weighted by molar-refractivity contribution is 6.32. The fraction of sp³-hybridized carbons (Fsp3) is 0.364. The van der Waals surface area contributed by atoms with Gasteiger partial charge in [0.25, 0.3) is 0 Å². The molecule has 1 atom stereocenters. The predicted octanol–water partition coefficient (Wildman–Crippen LogP) is 1.70. The van der Waals surface area contributed by atoms with Crippen LogP contribution < -0.4 is 5.32 Å². The topological polar surface area (TPSA) is 58.6 Å². The lowest BCUT2D eigenvalue weighted by Crippen LogP contribution is -2.34.